The summed E-state index contributed by atoms with van der Waals surface area (Å²) in [5, 5.41) is 12.5. The minimum atomic E-state index is -0.0731. The molecule has 1 aromatic rings. The highest BCUT2D eigenvalue weighted by Gasteiger charge is 1.96. The fraction of sp³-hybridized carbons (Fsp3) is 0.0909. The topological polar surface area (TPSA) is 142 Å². The van der Waals surface area contributed by atoms with Crippen LogP contribution in [0.15, 0.2) is 34.5 Å². The molecule has 7 nitrogen and oxygen atoms in total. The lowest BCUT2D eigenvalue weighted by atomic mass is 10.2. The van der Waals surface area contributed by atoms with Crippen LogP contribution < -0.4 is 52.4 Å². The molecule has 0 aliphatic heterocycles. The summed E-state index contributed by atoms with van der Waals surface area (Å²) in [6.07, 6.45) is 3.37. The van der Waals surface area contributed by atoms with Crippen LogP contribution in [0.25, 0.3) is 0 Å². The Morgan fingerprint density at radius 3 is 2.15 bits per heavy atom. The Morgan fingerprint density at radius 2 is 1.65 bits per heavy atom. The first-order chi connectivity index (χ1) is 8.58. The predicted molar refractivity (Wildman–Crippen MR) is 72.0 cm³/mol. The van der Waals surface area contributed by atoms with E-state index in [2.05, 4.69) is 15.2 Å². The van der Waals surface area contributed by atoms with Crippen molar-refractivity contribution < 1.29 is 35.2 Å². The summed E-state index contributed by atoms with van der Waals surface area (Å²) in [6, 6.07) is 7.59. The third kappa shape index (κ3) is 8.90. The van der Waals surface area contributed by atoms with Gasteiger partial charge in [-0.05, 0) is 17.7 Å². The third-order valence-electron chi connectivity index (χ3n) is 1.89. The lowest BCUT2D eigenvalue weighted by Gasteiger charge is -1.92. The number of benzene rings is 1. The molecule has 0 spiro atoms. The summed E-state index contributed by atoms with van der Waals surface area (Å²) in [5.74, 6) is 0.267. The molecular formula is C11H17Cl2N7. The summed E-state index contributed by atoms with van der Waals surface area (Å²) in [6.45, 7) is 0.438. The second kappa shape index (κ2) is 10.8. The highest BCUT2D eigenvalue weighted by atomic mass is 35.5. The van der Waals surface area contributed by atoms with Crippen molar-refractivity contribution in [2.24, 2.45) is 27.4 Å². The Balaban J connectivity index is 0. The van der Waals surface area contributed by atoms with Crippen LogP contribution in [0.4, 0.5) is 0 Å². The van der Waals surface area contributed by atoms with Crippen LogP contribution in [-0.4, -0.2) is 30.8 Å². The first kappa shape index (κ1) is 20.2. The van der Waals surface area contributed by atoms with Gasteiger partial charge in [-0.1, -0.05) is 12.1 Å². The molecule has 0 aromatic heterocycles. The van der Waals surface area contributed by atoms with E-state index in [1.165, 1.54) is 0 Å². The number of amidine groups is 1. The van der Waals surface area contributed by atoms with Crippen molar-refractivity contribution in [3.8, 4) is 0 Å². The van der Waals surface area contributed by atoms with E-state index in [9.17, 15) is 0 Å². The minimum absolute atomic E-state index is 0. The van der Waals surface area contributed by atoms with Crippen LogP contribution in [-0.2, 0) is 0 Å². The van der Waals surface area contributed by atoms with Crippen LogP contribution in [0, 0.1) is 0 Å². The number of rotatable bonds is 5. The molecule has 0 aliphatic carbocycles. The van der Waals surface area contributed by atoms with Gasteiger partial charge in [0.1, 0.15) is 0 Å². The van der Waals surface area contributed by atoms with Crippen molar-refractivity contribution in [2.75, 3.05) is 6.54 Å². The molecule has 0 fully saturated rings. The van der Waals surface area contributed by atoms with Gasteiger partial charge in [0.2, 0.25) is 12.5 Å². The van der Waals surface area contributed by atoms with Gasteiger partial charge in [0, 0.05) is 5.56 Å². The molecule has 9 N–H and O–H groups in total. The van der Waals surface area contributed by atoms with Crippen LogP contribution in [0.2, 0.25) is 0 Å². The highest BCUT2D eigenvalue weighted by molar-refractivity contribution is 5.83. The Kier molecular flexibility index (Phi) is 10.9. The number of halogens is 2. The van der Waals surface area contributed by atoms with E-state index in [1.807, 2.05) is 30.5 Å². The average molecular weight is 318 g/mol. The fourth-order valence-corrected chi connectivity index (χ4v) is 1.13. The zero-order valence-electron chi connectivity index (χ0n) is 10.6. The lowest BCUT2D eigenvalue weighted by Crippen LogP contribution is -3.00. The molecular weight excluding hydrogens is 301 g/mol. The van der Waals surface area contributed by atoms with Gasteiger partial charge in [0.15, 0.2) is 6.21 Å². The number of hydrogen-bond donors (Lipinski definition) is 5. The molecule has 0 saturated carbocycles. The summed E-state index contributed by atoms with van der Waals surface area (Å²) in [5.41, 5.74) is 17.5. The number of nitrogens with one attached hydrogen (secondary N) is 1. The standard InChI is InChI=1S/C11H15N7.2ClH/c12-10(13)7-16-5-8-1-3-9(4-2-8)6-17-18-11(14)15;;/h1-6H,7H2,(H3,12,13)(H4,14,15,18);2*1H/b16-5?,17-6+;;. The van der Waals surface area contributed by atoms with Crippen molar-refractivity contribution in [3.63, 3.8) is 0 Å². The van der Waals surface area contributed by atoms with Gasteiger partial charge in [-0.25, -0.2) is 4.99 Å². The van der Waals surface area contributed by atoms with Crippen LogP contribution in [0.3, 0.4) is 0 Å². The van der Waals surface area contributed by atoms with E-state index in [0.717, 1.165) is 11.1 Å². The molecule has 1 aromatic carbocycles. The summed E-state index contributed by atoms with van der Waals surface area (Å²) >= 11 is 0. The molecule has 0 amide bonds. The van der Waals surface area contributed by atoms with E-state index in [4.69, 9.17) is 22.6 Å². The summed E-state index contributed by atoms with van der Waals surface area (Å²) in [4.78, 5) is 2.98. The van der Waals surface area contributed by atoms with Gasteiger partial charge in [-0.15, -0.1) is 5.10 Å². The molecule has 9 heteroatoms. The second-order valence-electron chi connectivity index (χ2n) is 3.54. The third-order valence-corrected chi connectivity index (χ3v) is 1.89. The molecule has 0 unspecified atom stereocenters. The molecule has 1 rings (SSSR count). The Labute approximate surface area is 129 Å². The van der Waals surface area contributed by atoms with Crippen molar-refractivity contribution in [2.45, 2.75) is 0 Å². The summed E-state index contributed by atoms with van der Waals surface area (Å²) in [7, 11) is 0. The van der Waals surface area contributed by atoms with Gasteiger partial charge >= 0.3 is 5.84 Å². The molecule has 0 bridgehead atoms. The molecule has 110 valence electrons. The minimum Gasteiger partial charge on any atom is -1.00 e. The maximum atomic E-state index is 5.32. The first-order valence-corrected chi connectivity index (χ1v) is 5.23. The normalized spacial score (nSPS) is 9.80. The molecule has 0 atom stereocenters. The molecule has 20 heavy (non-hydrogen) atoms. The number of nitrogens with two attached hydrogens (primary N) is 4. The maximum Gasteiger partial charge on any atom is 0.305 e. The van der Waals surface area contributed by atoms with Gasteiger partial charge in [-0.2, -0.15) is 5.10 Å². The molecule has 0 heterocycles. The predicted octanol–water partition coefficient (Wildman–Crippen LogP) is -10.1. The van der Waals surface area contributed by atoms with Gasteiger partial charge < -0.3 is 36.3 Å². The zero-order valence-corrected chi connectivity index (χ0v) is 12.1. The van der Waals surface area contributed by atoms with Crippen molar-refractivity contribution >= 4 is 24.2 Å². The van der Waals surface area contributed by atoms with Crippen molar-refractivity contribution in [1.82, 2.24) is 0 Å². The van der Waals surface area contributed by atoms with Crippen molar-refractivity contribution in [3.05, 3.63) is 35.4 Å². The number of hydrogen-bond acceptors (Lipinski definition) is 2. The van der Waals surface area contributed by atoms with Crippen LogP contribution >= 0.6 is 0 Å². The van der Waals surface area contributed by atoms with E-state index in [-0.39, 0.29) is 30.8 Å². The molecule has 0 saturated heterocycles. The van der Waals surface area contributed by atoms with Crippen LogP contribution in [0.1, 0.15) is 11.1 Å². The SMILES string of the molecule is NC(=[NH2+])C[NH+]=Cc1ccc(/C=N/N=C(N)N)cc1.[Cl-].[Cl-]. The Hall–Kier alpha value is -2.12. The van der Waals surface area contributed by atoms with E-state index in [0.29, 0.717) is 12.4 Å². The average Bonchev–Trinajstić information content (AvgIpc) is 2.30. The van der Waals surface area contributed by atoms with Gasteiger partial charge in [0.05, 0.1) is 6.21 Å². The quantitative estimate of drug-likeness (QED) is 0.209. The highest BCUT2D eigenvalue weighted by Crippen LogP contribution is 1.99. The van der Waals surface area contributed by atoms with E-state index in [1.54, 1.807) is 6.21 Å². The monoisotopic (exact) mass is 317 g/mol. The van der Waals surface area contributed by atoms with Crippen molar-refractivity contribution in [1.29, 1.82) is 0 Å². The van der Waals surface area contributed by atoms with Gasteiger partial charge in [-0.3, -0.25) is 11.1 Å². The van der Waals surface area contributed by atoms with E-state index < -0.39 is 0 Å². The summed E-state index contributed by atoms with van der Waals surface area (Å²) < 4.78 is 0. The lowest BCUT2D eigenvalue weighted by molar-refractivity contribution is -0.437. The first-order valence-electron chi connectivity index (χ1n) is 5.23. The smallest absolute Gasteiger partial charge is 0.305 e. The Bertz CT molecular complexity index is 490. The number of guanidine groups is 1. The Morgan fingerprint density at radius 1 is 1.10 bits per heavy atom. The zero-order chi connectivity index (χ0) is 13.4. The number of nitrogens with zero attached hydrogens (tertiary/aromatic N) is 2. The fourth-order valence-electron chi connectivity index (χ4n) is 1.13. The molecule has 0 aliphatic rings. The largest absolute Gasteiger partial charge is 1.00 e. The maximum absolute atomic E-state index is 5.32. The van der Waals surface area contributed by atoms with Crippen LogP contribution in [0.5, 0.6) is 0 Å². The van der Waals surface area contributed by atoms with E-state index >= 15 is 0 Å². The second-order valence-corrected chi connectivity index (χ2v) is 3.54. The molecule has 0 radical (unpaired) electrons. The van der Waals surface area contributed by atoms with Gasteiger partial charge in [0.25, 0.3) is 0 Å².